The fourth-order valence-corrected chi connectivity index (χ4v) is 3.26. The smallest absolute Gasteiger partial charge is 0.414 e. The Morgan fingerprint density at radius 1 is 1.38 bits per heavy atom. The van der Waals surface area contributed by atoms with Gasteiger partial charge in [0.15, 0.2) is 0 Å². The molecule has 7 nitrogen and oxygen atoms in total. The van der Waals surface area contributed by atoms with Crippen LogP contribution >= 0.6 is 0 Å². The predicted molar refractivity (Wildman–Crippen MR) is 92.1 cm³/mol. The molecular formula is C18H21FN2O5. The summed E-state index contributed by atoms with van der Waals surface area (Å²) < 4.78 is 19.7. The van der Waals surface area contributed by atoms with E-state index in [0.29, 0.717) is 36.3 Å². The van der Waals surface area contributed by atoms with E-state index in [1.807, 2.05) is 0 Å². The molecule has 0 saturated carbocycles. The van der Waals surface area contributed by atoms with Crippen molar-refractivity contribution in [1.82, 2.24) is 4.90 Å². The Morgan fingerprint density at radius 2 is 2.15 bits per heavy atom. The van der Waals surface area contributed by atoms with Crippen molar-refractivity contribution in [3.63, 3.8) is 0 Å². The van der Waals surface area contributed by atoms with Gasteiger partial charge in [-0.3, -0.25) is 9.69 Å². The average molecular weight is 364 g/mol. The van der Waals surface area contributed by atoms with Crippen LogP contribution in [0.4, 0.5) is 14.9 Å². The minimum Gasteiger partial charge on any atom is -0.441 e. The number of hydrogen-bond donors (Lipinski definition) is 2. The lowest BCUT2D eigenvalue weighted by atomic mass is 9.96. The van der Waals surface area contributed by atoms with Gasteiger partial charge in [-0.1, -0.05) is 6.08 Å². The second kappa shape index (κ2) is 7.43. The van der Waals surface area contributed by atoms with Crippen molar-refractivity contribution < 1.29 is 28.9 Å². The van der Waals surface area contributed by atoms with Gasteiger partial charge in [-0.05, 0) is 36.6 Å². The molecule has 2 amide bonds. The molecule has 1 saturated heterocycles. The molecule has 8 heteroatoms. The predicted octanol–water partition coefficient (Wildman–Crippen LogP) is 1.06. The van der Waals surface area contributed by atoms with Crippen LogP contribution in [0.25, 0.3) is 5.57 Å². The van der Waals surface area contributed by atoms with E-state index < -0.39 is 24.6 Å². The summed E-state index contributed by atoms with van der Waals surface area (Å²) in [5, 5.41) is 18.0. The fraction of sp³-hybridized carbons (Fsp3) is 0.444. The van der Waals surface area contributed by atoms with E-state index in [2.05, 4.69) is 0 Å². The van der Waals surface area contributed by atoms with Gasteiger partial charge in [0.2, 0.25) is 5.91 Å². The highest BCUT2D eigenvalue weighted by Gasteiger charge is 2.33. The zero-order valence-electron chi connectivity index (χ0n) is 14.4. The molecule has 26 heavy (non-hydrogen) atoms. The first-order chi connectivity index (χ1) is 12.4. The zero-order chi connectivity index (χ0) is 18.8. The quantitative estimate of drug-likeness (QED) is 0.834. The van der Waals surface area contributed by atoms with Gasteiger partial charge in [-0.25, -0.2) is 9.18 Å². The summed E-state index contributed by atoms with van der Waals surface area (Å²) in [4.78, 5) is 26.3. The van der Waals surface area contributed by atoms with Gasteiger partial charge in [0, 0.05) is 18.7 Å². The Morgan fingerprint density at radius 3 is 2.73 bits per heavy atom. The monoisotopic (exact) mass is 364 g/mol. The maximum absolute atomic E-state index is 14.7. The SMILES string of the molecule is Cc1cc(C2=CCN(C(=O)CO)CC2)c(F)cc1N1C[C@H](CO)OC1=O. The van der Waals surface area contributed by atoms with Crippen LogP contribution in [0.3, 0.4) is 0 Å². The molecule has 1 aromatic rings. The number of aliphatic hydroxyl groups is 2. The normalized spacial score (nSPS) is 20.2. The van der Waals surface area contributed by atoms with Crippen LogP contribution in [0, 0.1) is 12.7 Å². The summed E-state index contributed by atoms with van der Waals surface area (Å²) in [5.74, 6) is -0.808. The van der Waals surface area contributed by atoms with E-state index >= 15 is 0 Å². The summed E-state index contributed by atoms with van der Waals surface area (Å²) in [6, 6.07) is 2.98. The molecule has 1 aromatic carbocycles. The first-order valence-corrected chi connectivity index (χ1v) is 8.41. The molecule has 140 valence electrons. The van der Waals surface area contributed by atoms with E-state index in [9.17, 15) is 14.0 Å². The Hall–Kier alpha value is -2.45. The molecule has 0 aromatic heterocycles. The molecule has 2 aliphatic rings. The number of halogens is 1. The van der Waals surface area contributed by atoms with Crippen LogP contribution in [0.1, 0.15) is 17.5 Å². The van der Waals surface area contributed by atoms with E-state index in [0.717, 1.165) is 5.57 Å². The topological polar surface area (TPSA) is 90.3 Å². The Bertz CT molecular complexity index is 764. The second-order valence-electron chi connectivity index (χ2n) is 6.39. The number of nitrogens with zero attached hydrogens (tertiary/aromatic N) is 2. The lowest BCUT2D eigenvalue weighted by Crippen LogP contribution is -2.36. The minimum absolute atomic E-state index is 0.176. The summed E-state index contributed by atoms with van der Waals surface area (Å²) >= 11 is 0. The van der Waals surface area contributed by atoms with Gasteiger partial charge in [0.1, 0.15) is 18.5 Å². The van der Waals surface area contributed by atoms with E-state index in [1.165, 1.54) is 15.9 Å². The first-order valence-electron chi connectivity index (χ1n) is 8.41. The molecular weight excluding hydrogens is 343 g/mol. The maximum Gasteiger partial charge on any atom is 0.414 e. The van der Waals surface area contributed by atoms with Crippen LogP contribution in [-0.2, 0) is 9.53 Å². The highest BCUT2D eigenvalue weighted by Crippen LogP contribution is 2.32. The highest BCUT2D eigenvalue weighted by molar-refractivity contribution is 5.91. The van der Waals surface area contributed by atoms with Gasteiger partial charge in [0.25, 0.3) is 0 Å². The van der Waals surface area contributed by atoms with Gasteiger partial charge < -0.3 is 19.8 Å². The van der Waals surface area contributed by atoms with Crippen molar-refractivity contribution in [2.24, 2.45) is 0 Å². The van der Waals surface area contributed by atoms with Gasteiger partial charge in [0.05, 0.1) is 18.8 Å². The van der Waals surface area contributed by atoms with Crippen molar-refractivity contribution in [2.75, 3.05) is 37.7 Å². The lowest BCUT2D eigenvalue weighted by molar-refractivity contribution is -0.133. The minimum atomic E-state index is -0.610. The number of amides is 2. The van der Waals surface area contributed by atoms with Crippen molar-refractivity contribution in [3.8, 4) is 0 Å². The van der Waals surface area contributed by atoms with Crippen molar-refractivity contribution in [1.29, 1.82) is 0 Å². The number of benzene rings is 1. The van der Waals surface area contributed by atoms with Crippen LogP contribution in [-0.4, -0.2) is 66.1 Å². The number of ether oxygens (including phenoxy) is 1. The third-order valence-corrected chi connectivity index (χ3v) is 4.70. The Balaban J connectivity index is 1.84. The van der Waals surface area contributed by atoms with Crippen LogP contribution in [0.2, 0.25) is 0 Å². The number of carbonyl (C=O) groups excluding carboxylic acids is 2. The number of aryl methyl sites for hydroxylation is 1. The molecule has 1 atom stereocenters. The van der Waals surface area contributed by atoms with E-state index in [-0.39, 0.29) is 19.1 Å². The molecule has 0 bridgehead atoms. The zero-order valence-corrected chi connectivity index (χ0v) is 14.4. The van der Waals surface area contributed by atoms with Crippen LogP contribution < -0.4 is 4.90 Å². The average Bonchev–Trinajstić information content (AvgIpc) is 3.03. The maximum atomic E-state index is 14.7. The standard InChI is InChI=1S/C18H21FN2O5/c1-11-6-14(12-2-4-20(5-3-12)17(24)10-23)15(19)7-16(11)21-8-13(9-22)26-18(21)25/h2,6-7,13,22-23H,3-5,8-10H2,1H3/t13-/m1/s1. The summed E-state index contributed by atoms with van der Waals surface area (Å²) in [6.45, 7) is 1.89. The van der Waals surface area contributed by atoms with Crippen molar-refractivity contribution >= 4 is 23.3 Å². The van der Waals surface area contributed by atoms with E-state index in [1.54, 1.807) is 19.1 Å². The molecule has 0 unspecified atom stereocenters. The number of anilines is 1. The molecule has 2 N–H and O–H groups in total. The third-order valence-electron chi connectivity index (χ3n) is 4.70. The fourth-order valence-electron chi connectivity index (χ4n) is 3.26. The largest absolute Gasteiger partial charge is 0.441 e. The number of cyclic esters (lactones) is 1. The molecule has 1 fully saturated rings. The number of rotatable bonds is 4. The molecule has 0 radical (unpaired) electrons. The van der Waals surface area contributed by atoms with Crippen LogP contribution in [0.15, 0.2) is 18.2 Å². The third kappa shape index (κ3) is 3.42. The summed E-state index contributed by atoms with van der Waals surface area (Å²) in [7, 11) is 0. The molecule has 0 aliphatic carbocycles. The second-order valence-corrected chi connectivity index (χ2v) is 6.39. The van der Waals surface area contributed by atoms with Gasteiger partial charge in [-0.15, -0.1) is 0 Å². The highest BCUT2D eigenvalue weighted by atomic mass is 19.1. The number of carbonyl (C=O) groups is 2. The Kier molecular flexibility index (Phi) is 5.24. The van der Waals surface area contributed by atoms with Crippen LogP contribution in [0.5, 0.6) is 0 Å². The first kappa shape index (κ1) is 18.3. The molecule has 0 spiro atoms. The molecule has 3 rings (SSSR count). The summed E-state index contributed by atoms with van der Waals surface area (Å²) in [5.41, 5.74) is 2.36. The summed E-state index contributed by atoms with van der Waals surface area (Å²) in [6.07, 6.45) is 1.05. The van der Waals surface area contributed by atoms with Crippen molar-refractivity contribution in [2.45, 2.75) is 19.4 Å². The van der Waals surface area contributed by atoms with Gasteiger partial charge in [-0.2, -0.15) is 0 Å². The molecule has 2 aliphatic heterocycles. The van der Waals surface area contributed by atoms with E-state index in [4.69, 9.17) is 14.9 Å². The number of hydrogen-bond acceptors (Lipinski definition) is 5. The lowest BCUT2D eigenvalue weighted by Gasteiger charge is -2.26. The van der Waals surface area contributed by atoms with Gasteiger partial charge >= 0.3 is 6.09 Å². The van der Waals surface area contributed by atoms with Crippen molar-refractivity contribution in [3.05, 3.63) is 35.2 Å². The molecule has 2 heterocycles. The number of aliphatic hydroxyl groups excluding tert-OH is 2. The Labute approximate surface area is 150 Å².